The van der Waals surface area contributed by atoms with Gasteiger partial charge in [0, 0.05) is 24.1 Å². The van der Waals surface area contributed by atoms with Crippen molar-refractivity contribution in [1.82, 2.24) is 10.1 Å². The van der Waals surface area contributed by atoms with Gasteiger partial charge in [0.1, 0.15) is 18.1 Å². The SMILES string of the molecule is O=C(Cc1ccon1)N1CCC(Oc2cccc(Cl)c2)C1. The zero-order valence-electron chi connectivity index (χ0n) is 11.4. The molecule has 1 aliphatic rings. The number of hydrogen-bond acceptors (Lipinski definition) is 4. The lowest BCUT2D eigenvalue weighted by atomic mass is 10.3. The molecule has 2 aromatic rings. The number of halogens is 1. The Balaban J connectivity index is 1.54. The maximum absolute atomic E-state index is 12.1. The smallest absolute Gasteiger partial charge is 0.228 e. The molecule has 0 aliphatic carbocycles. The van der Waals surface area contributed by atoms with Gasteiger partial charge in [0.05, 0.1) is 18.7 Å². The monoisotopic (exact) mass is 306 g/mol. The Morgan fingerprint density at radius 3 is 3.14 bits per heavy atom. The Morgan fingerprint density at radius 1 is 1.48 bits per heavy atom. The lowest BCUT2D eigenvalue weighted by Gasteiger charge is -2.17. The number of ether oxygens (including phenoxy) is 1. The molecule has 1 aromatic carbocycles. The Hall–Kier alpha value is -2.01. The first-order valence-electron chi connectivity index (χ1n) is 6.80. The maximum atomic E-state index is 12.1. The van der Waals surface area contributed by atoms with Crippen LogP contribution in [0.5, 0.6) is 5.75 Å². The normalized spacial score (nSPS) is 18.0. The number of likely N-dealkylation sites (tertiary alicyclic amines) is 1. The highest BCUT2D eigenvalue weighted by Crippen LogP contribution is 2.22. The van der Waals surface area contributed by atoms with Crippen molar-refractivity contribution in [2.24, 2.45) is 0 Å². The van der Waals surface area contributed by atoms with Gasteiger partial charge < -0.3 is 14.2 Å². The zero-order valence-corrected chi connectivity index (χ0v) is 12.1. The third-order valence-corrected chi connectivity index (χ3v) is 3.66. The van der Waals surface area contributed by atoms with Crippen LogP contribution < -0.4 is 4.74 Å². The molecule has 1 unspecified atom stereocenters. The van der Waals surface area contributed by atoms with Crippen molar-refractivity contribution in [3.05, 3.63) is 47.3 Å². The van der Waals surface area contributed by atoms with Crippen LogP contribution in [-0.4, -0.2) is 35.2 Å². The van der Waals surface area contributed by atoms with Crippen molar-refractivity contribution in [1.29, 1.82) is 0 Å². The summed E-state index contributed by atoms with van der Waals surface area (Å²) >= 11 is 5.93. The van der Waals surface area contributed by atoms with Crippen LogP contribution in [0.3, 0.4) is 0 Å². The number of benzene rings is 1. The Labute approximate surface area is 127 Å². The first kappa shape index (κ1) is 13.9. The molecule has 1 atom stereocenters. The minimum Gasteiger partial charge on any atom is -0.488 e. The second-order valence-electron chi connectivity index (χ2n) is 4.99. The summed E-state index contributed by atoms with van der Waals surface area (Å²) in [5.41, 5.74) is 0.652. The van der Waals surface area contributed by atoms with Crippen LogP contribution >= 0.6 is 11.6 Å². The predicted octanol–water partition coefficient (Wildman–Crippen LogP) is 2.55. The summed E-state index contributed by atoms with van der Waals surface area (Å²) in [5, 5.41) is 4.40. The van der Waals surface area contributed by atoms with Crippen LogP contribution in [0.25, 0.3) is 0 Å². The molecule has 0 bridgehead atoms. The summed E-state index contributed by atoms with van der Waals surface area (Å²) in [6.45, 7) is 1.28. The Kier molecular flexibility index (Phi) is 4.10. The number of aromatic nitrogens is 1. The molecule has 1 fully saturated rings. The van der Waals surface area contributed by atoms with Crippen molar-refractivity contribution in [3.63, 3.8) is 0 Å². The van der Waals surface area contributed by atoms with Gasteiger partial charge in [-0.3, -0.25) is 4.79 Å². The van der Waals surface area contributed by atoms with Crippen LogP contribution in [0.4, 0.5) is 0 Å². The summed E-state index contributed by atoms with van der Waals surface area (Å²) in [4.78, 5) is 13.9. The largest absolute Gasteiger partial charge is 0.488 e. The first-order chi connectivity index (χ1) is 10.2. The molecule has 1 aromatic heterocycles. The van der Waals surface area contributed by atoms with Gasteiger partial charge in [-0.2, -0.15) is 0 Å². The van der Waals surface area contributed by atoms with Crippen LogP contribution in [0.2, 0.25) is 5.02 Å². The Bertz CT molecular complexity index is 615. The molecule has 1 saturated heterocycles. The van der Waals surface area contributed by atoms with E-state index in [9.17, 15) is 4.79 Å². The van der Waals surface area contributed by atoms with E-state index in [0.717, 1.165) is 12.2 Å². The Morgan fingerprint density at radius 2 is 2.38 bits per heavy atom. The van der Waals surface area contributed by atoms with Gasteiger partial charge in [0.2, 0.25) is 5.91 Å². The molecule has 3 rings (SSSR count). The molecule has 1 aliphatic heterocycles. The maximum Gasteiger partial charge on any atom is 0.228 e. The molecule has 0 saturated carbocycles. The summed E-state index contributed by atoms with van der Waals surface area (Å²) in [6.07, 6.45) is 2.56. The molecular formula is C15H15ClN2O3. The summed E-state index contributed by atoms with van der Waals surface area (Å²) in [5.74, 6) is 0.777. The predicted molar refractivity (Wildman–Crippen MR) is 77.3 cm³/mol. The highest BCUT2D eigenvalue weighted by molar-refractivity contribution is 6.30. The number of hydrogen-bond donors (Lipinski definition) is 0. The van der Waals surface area contributed by atoms with Crippen molar-refractivity contribution in [3.8, 4) is 5.75 Å². The number of amides is 1. The number of carbonyl (C=O) groups is 1. The summed E-state index contributed by atoms with van der Waals surface area (Å²) < 4.78 is 10.6. The van der Waals surface area contributed by atoms with Gasteiger partial charge in [0.25, 0.3) is 0 Å². The van der Waals surface area contributed by atoms with Gasteiger partial charge >= 0.3 is 0 Å². The lowest BCUT2D eigenvalue weighted by molar-refractivity contribution is -0.129. The average molecular weight is 307 g/mol. The minimum absolute atomic E-state index is 0.00438. The van der Waals surface area contributed by atoms with Crippen molar-refractivity contribution < 1.29 is 14.1 Å². The fourth-order valence-electron chi connectivity index (χ4n) is 2.38. The van der Waals surface area contributed by atoms with Crippen molar-refractivity contribution in [2.75, 3.05) is 13.1 Å². The van der Waals surface area contributed by atoms with Crippen molar-refractivity contribution >= 4 is 17.5 Å². The third kappa shape index (κ3) is 3.55. The highest BCUT2D eigenvalue weighted by Gasteiger charge is 2.27. The first-order valence-corrected chi connectivity index (χ1v) is 7.18. The van der Waals surface area contributed by atoms with Crippen LogP contribution in [-0.2, 0) is 11.2 Å². The fraction of sp³-hybridized carbons (Fsp3) is 0.333. The number of carbonyl (C=O) groups excluding carboxylic acids is 1. The van der Waals surface area contributed by atoms with E-state index in [1.807, 2.05) is 12.1 Å². The van der Waals surface area contributed by atoms with Gasteiger partial charge in [0.15, 0.2) is 0 Å². The average Bonchev–Trinajstić information content (AvgIpc) is 3.10. The van der Waals surface area contributed by atoms with E-state index in [1.54, 1.807) is 23.1 Å². The zero-order chi connectivity index (χ0) is 14.7. The van der Waals surface area contributed by atoms with E-state index >= 15 is 0 Å². The number of nitrogens with zero attached hydrogens (tertiary/aromatic N) is 2. The molecule has 0 radical (unpaired) electrons. The summed E-state index contributed by atoms with van der Waals surface area (Å²) in [6, 6.07) is 9.00. The molecule has 0 spiro atoms. The molecule has 1 amide bonds. The second-order valence-corrected chi connectivity index (χ2v) is 5.43. The van der Waals surface area contributed by atoms with E-state index in [0.29, 0.717) is 23.8 Å². The molecule has 110 valence electrons. The molecule has 2 heterocycles. The molecule has 0 N–H and O–H groups in total. The van der Waals surface area contributed by atoms with Crippen LogP contribution in [0.15, 0.2) is 41.1 Å². The van der Waals surface area contributed by atoms with E-state index < -0.39 is 0 Å². The van der Waals surface area contributed by atoms with Gasteiger partial charge in [-0.15, -0.1) is 0 Å². The van der Waals surface area contributed by atoms with Crippen LogP contribution in [0.1, 0.15) is 12.1 Å². The van der Waals surface area contributed by atoms with Crippen LogP contribution in [0, 0.1) is 0 Å². The highest BCUT2D eigenvalue weighted by atomic mass is 35.5. The van der Waals surface area contributed by atoms with Gasteiger partial charge in [-0.1, -0.05) is 22.8 Å². The fourth-order valence-corrected chi connectivity index (χ4v) is 2.56. The standard InChI is InChI=1S/C15H15ClN2O3/c16-11-2-1-3-13(8-11)21-14-4-6-18(10-14)15(19)9-12-5-7-20-17-12/h1-3,5,7-8,14H,4,6,9-10H2. The third-order valence-electron chi connectivity index (χ3n) is 3.42. The molecule has 5 nitrogen and oxygen atoms in total. The minimum atomic E-state index is 0.00438. The van der Waals surface area contributed by atoms with E-state index in [2.05, 4.69) is 5.16 Å². The van der Waals surface area contributed by atoms with E-state index in [-0.39, 0.29) is 18.4 Å². The second kappa shape index (κ2) is 6.18. The van der Waals surface area contributed by atoms with Crippen molar-refractivity contribution in [2.45, 2.75) is 18.9 Å². The molecule has 21 heavy (non-hydrogen) atoms. The molecule has 6 heteroatoms. The topological polar surface area (TPSA) is 55.6 Å². The quantitative estimate of drug-likeness (QED) is 0.871. The molecular weight excluding hydrogens is 292 g/mol. The number of rotatable bonds is 4. The van der Waals surface area contributed by atoms with E-state index in [1.165, 1.54) is 6.26 Å². The summed E-state index contributed by atoms with van der Waals surface area (Å²) in [7, 11) is 0. The van der Waals surface area contributed by atoms with Gasteiger partial charge in [-0.05, 0) is 18.2 Å². The van der Waals surface area contributed by atoms with Gasteiger partial charge in [-0.25, -0.2) is 0 Å². The lowest BCUT2D eigenvalue weighted by Crippen LogP contribution is -2.32. The van der Waals surface area contributed by atoms with E-state index in [4.69, 9.17) is 20.9 Å².